The third-order valence-corrected chi connectivity index (χ3v) is 4.02. The Hall–Kier alpha value is -1.02. The summed E-state index contributed by atoms with van der Waals surface area (Å²) in [6.07, 6.45) is 2.43. The first kappa shape index (κ1) is 15.0. The highest BCUT2D eigenvalue weighted by Gasteiger charge is 2.27. The van der Waals surface area contributed by atoms with Gasteiger partial charge in [0, 0.05) is 25.8 Å². The van der Waals surface area contributed by atoms with E-state index in [1.165, 1.54) is 18.5 Å². The van der Waals surface area contributed by atoms with Crippen LogP contribution in [0.15, 0.2) is 30.3 Å². The zero-order valence-corrected chi connectivity index (χ0v) is 12.4. The molecule has 0 atom stereocenters. The Morgan fingerprint density at radius 2 is 1.67 bits per heavy atom. The van der Waals surface area contributed by atoms with Crippen LogP contribution in [-0.4, -0.2) is 26.7 Å². The summed E-state index contributed by atoms with van der Waals surface area (Å²) in [6, 6.07) is 10.7. The average Bonchev–Trinajstić information content (AvgIpc) is 2.44. The van der Waals surface area contributed by atoms with Crippen LogP contribution < -0.4 is 10.2 Å². The van der Waals surface area contributed by atoms with E-state index in [9.17, 15) is 0 Å². The first-order valence-corrected chi connectivity index (χ1v) is 7.14. The zero-order chi connectivity index (χ0) is 13.4. The van der Waals surface area contributed by atoms with E-state index in [1.54, 1.807) is 0 Å². The lowest BCUT2D eigenvalue weighted by atomic mass is 9.81. The van der Waals surface area contributed by atoms with E-state index in [-0.39, 0.29) is 0 Å². The summed E-state index contributed by atoms with van der Waals surface area (Å²) >= 11 is 0. The van der Waals surface area contributed by atoms with Gasteiger partial charge in [-0.1, -0.05) is 39.0 Å². The first-order chi connectivity index (χ1) is 8.67. The minimum atomic E-state index is 0.376. The summed E-state index contributed by atoms with van der Waals surface area (Å²) in [7, 11) is 2.20. The van der Waals surface area contributed by atoms with Crippen molar-refractivity contribution in [1.82, 2.24) is 5.32 Å². The monoisotopic (exact) mass is 248 g/mol. The molecule has 0 saturated heterocycles. The van der Waals surface area contributed by atoms with Gasteiger partial charge in [-0.3, -0.25) is 0 Å². The summed E-state index contributed by atoms with van der Waals surface area (Å²) in [5.41, 5.74) is 1.68. The van der Waals surface area contributed by atoms with E-state index in [4.69, 9.17) is 0 Å². The predicted molar refractivity (Wildman–Crippen MR) is 81.3 cm³/mol. The van der Waals surface area contributed by atoms with E-state index >= 15 is 0 Å². The molecule has 2 heteroatoms. The third kappa shape index (κ3) is 4.02. The van der Waals surface area contributed by atoms with Gasteiger partial charge in [0.1, 0.15) is 0 Å². The van der Waals surface area contributed by atoms with Crippen LogP contribution in [-0.2, 0) is 0 Å². The number of hydrogen-bond donors (Lipinski definition) is 1. The van der Waals surface area contributed by atoms with Crippen LogP contribution >= 0.6 is 0 Å². The van der Waals surface area contributed by atoms with Gasteiger partial charge in [-0.2, -0.15) is 0 Å². The number of benzene rings is 1. The average molecular weight is 248 g/mol. The summed E-state index contributed by atoms with van der Waals surface area (Å²) in [5.74, 6) is 0. The van der Waals surface area contributed by atoms with Gasteiger partial charge in [0.2, 0.25) is 0 Å². The Balaban J connectivity index is 2.71. The lowest BCUT2D eigenvalue weighted by Gasteiger charge is -2.37. The van der Waals surface area contributed by atoms with Gasteiger partial charge in [-0.05, 0) is 36.9 Å². The van der Waals surface area contributed by atoms with Gasteiger partial charge >= 0.3 is 0 Å². The van der Waals surface area contributed by atoms with Gasteiger partial charge in [0.05, 0.1) is 0 Å². The fourth-order valence-electron chi connectivity index (χ4n) is 2.45. The molecule has 0 spiro atoms. The largest absolute Gasteiger partial charge is 0.374 e. The number of para-hydroxylation sites is 1. The van der Waals surface area contributed by atoms with Gasteiger partial charge in [-0.25, -0.2) is 0 Å². The number of nitrogens with zero attached hydrogens (tertiary/aromatic N) is 1. The minimum Gasteiger partial charge on any atom is -0.374 e. The van der Waals surface area contributed by atoms with Crippen LogP contribution in [0.2, 0.25) is 0 Å². The van der Waals surface area contributed by atoms with Crippen molar-refractivity contribution < 1.29 is 0 Å². The van der Waals surface area contributed by atoms with Gasteiger partial charge in [-0.15, -0.1) is 0 Å². The van der Waals surface area contributed by atoms with Crippen molar-refractivity contribution in [1.29, 1.82) is 0 Å². The number of hydrogen-bond acceptors (Lipinski definition) is 2. The highest BCUT2D eigenvalue weighted by atomic mass is 15.1. The topological polar surface area (TPSA) is 15.3 Å². The molecular formula is C16H28N2. The molecule has 0 radical (unpaired) electrons. The maximum atomic E-state index is 3.52. The lowest BCUT2D eigenvalue weighted by molar-refractivity contribution is 0.258. The summed E-state index contributed by atoms with van der Waals surface area (Å²) in [4.78, 5) is 2.38. The van der Waals surface area contributed by atoms with Crippen molar-refractivity contribution in [2.24, 2.45) is 5.41 Å². The standard InChI is InChI=1S/C16H28N2/c1-5-16(6-2,13-17-7-3)14-18(4)15-11-9-8-10-12-15/h8-12,17H,5-7,13-14H2,1-4H3. The molecule has 1 aromatic rings. The van der Waals surface area contributed by atoms with E-state index in [0.717, 1.165) is 19.6 Å². The van der Waals surface area contributed by atoms with Gasteiger partial charge in [0.25, 0.3) is 0 Å². The molecule has 0 fully saturated rings. The molecule has 0 unspecified atom stereocenters. The highest BCUT2D eigenvalue weighted by molar-refractivity contribution is 5.45. The Labute approximate surface area is 112 Å². The van der Waals surface area contributed by atoms with Crippen molar-refractivity contribution >= 4 is 5.69 Å². The second kappa shape index (κ2) is 7.42. The molecule has 18 heavy (non-hydrogen) atoms. The summed E-state index contributed by atoms with van der Waals surface area (Å²) < 4.78 is 0. The SMILES string of the molecule is CCNCC(CC)(CC)CN(C)c1ccccc1. The lowest BCUT2D eigenvalue weighted by Crippen LogP contribution is -2.42. The molecule has 0 aliphatic heterocycles. The Kier molecular flexibility index (Phi) is 6.20. The molecule has 0 amide bonds. The first-order valence-electron chi connectivity index (χ1n) is 7.14. The molecular weight excluding hydrogens is 220 g/mol. The Morgan fingerprint density at radius 1 is 1.06 bits per heavy atom. The maximum Gasteiger partial charge on any atom is 0.0363 e. The minimum absolute atomic E-state index is 0.376. The van der Waals surface area contributed by atoms with Crippen molar-refractivity contribution in [2.75, 3.05) is 31.6 Å². The fourth-order valence-corrected chi connectivity index (χ4v) is 2.45. The van der Waals surface area contributed by atoms with Gasteiger partial charge in [0.15, 0.2) is 0 Å². The van der Waals surface area contributed by atoms with Crippen LogP contribution in [0.1, 0.15) is 33.6 Å². The molecule has 0 heterocycles. The van der Waals surface area contributed by atoms with Crippen molar-refractivity contribution in [3.8, 4) is 0 Å². The second-order valence-electron chi connectivity index (χ2n) is 5.18. The molecule has 1 N–H and O–H groups in total. The van der Waals surface area contributed by atoms with Crippen LogP contribution in [0.5, 0.6) is 0 Å². The molecule has 0 bridgehead atoms. The van der Waals surface area contributed by atoms with Crippen molar-refractivity contribution in [3.63, 3.8) is 0 Å². The molecule has 0 aliphatic rings. The van der Waals surface area contributed by atoms with E-state index in [0.29, 0.717) is 5.41 Å². The molecule has 0 aliphatic carbocycles. The van der Waals surface area contributed by atoms with Crippen molar-refractivity contribution in [3.05, 3.63) is 30.3 Å². The van der Waals surface area contributed by atoms with Crippen LogP contribution in [0.3, 0.4) is 0 Å². The second-order valence-corrected chi connectivity index (χ2v) is 5.18. The van der Waals surface area contributed by atoms with E-state index in [2.05, 4.69) is 68.4 Å². The number of rotatable bonds is 8. The Morgan fingerprint density at radius 3 is 2.17 bits per heavy atom. The van der Waals surface area contributed by atoms with Gasteiger partial charge < -0.3 is 10.2 Å². The third-order valence-electron chi connectivity index (χ3n) is 4.02. The van der Waals surface area contributed by atoms with Crippen LogP contribution in [0, 0.1) is 5.41 Å². The summed E-state index contributed by atoms with van der Waals surface area (Å²) in [6.45, 7) is 10.1. The molecule has 1 aromatic carbocycles. The number of nitrogens with one attached hydrogen (secondary N) is 1. The molecule has 0 aromatic heterocycles. The molecule has 2 nitrogen and oxygen atoms in total. The smallest absolute Gasteiger partial charge is 0.0363 e. The molecule has 102 valence electrons. The maximum absolute atomic E-state index is 3.52. The Bertz CT molecular complexity index is 317. The zero-order valence-electron chi connectivity index (χ0n) is 12.4. The number of anilines is 1. The van der Waals surface area contributed by atoms with E-state index < -0.39 is 0 Å². The van der Waals surface area contributed by atoms with Crippen LogP contribution in [0.4, 0.5) is 5.69 Å². The quantitative estimate of drug-likeness (QED) is 0.757. The van der Waals surface area contributed by atoms with Crippen LogP contribution in [0.25, 0.3) is 0 Å². The predicted octanol–water partition coefficient (Wildman–Crippen LogP) is 3.54. The highest BCUT2D eigenvalue weighted by Crippen LogP contribution is 2.28. The molecule has 1 rings (SSSR count). The fraction of sp³-hybridized carbons (Fsp3) is 0.625. The van der Waals surface area contributed by atoms with E-state index in [1.807, 2.05) is 0 Å². The normalized spacial score (nSPS) is 11.6. The van der Waals surface area contributed by atoms with Crippen molar-refractivity contribution in [2.45, 2.75) is 33.6 Å². The molecule has 0 saturated carbocycles. The summed E-state index contributed by atoms with van der Waals surface area (Å²) in [5, 5.41) is 3.52.